The fourth-order valence-electron chi connectivity index (χ4n) is 1.80. The molecule has 1 amide bonds. The second-order valence-electron chi connectivity index (χ2n) is 4.35. The minimum absolute atomic E-state index is 0.127. The standard InChI is InChI=1S/C13H11BrN2O4S/c1-15(6-10-4-8(14)7-21-10)13(18)11-5-9(17)2-3-12(11)16(19)20/h2-5,7,17H,6H2,1H3. The number of nitro benzene ring substituents is 1. The lowest BCUT2D eigenvalue weighted by atomic mass is 10.1. The number of nitro groups is 1. The highest BCUT2D eigenvalue weighted by Gasteiger charge is 2.23. The minimum Gasteiger partial charge on any atom is -0.508 e. The molecule has 0 atom stereocenters. The number of phenolic OH excluding ortho intramolecular Hbond substituents is 1. The van der Waals surface area contributed by atoms with Crippen molar-refractivity contribution < 1.29 is 14.8 Å². The molecule has 1 aromatic carbocycles. The Bertz CT molecular complexity index is 701. The average molecular weight is 371 g/mol. The lowest BCUT2D eigenvalue weighted by molar-refractivity contribution is -0.385. The lowest BCUT2D eigenvalue weighted by Gasteiger charge is -2.16. The van der Waals surface area contributed by atoms with Gasteiger partial charge in [0.1, 0.15) is 11.3 Å². The van der Waals surface area contributed by atoms with Gasteiger partial charge < -0.3 is 10.0 Å². The first kappa shape index (κ1) is 15.5. The van der Waals surface area contributed by atoms with E-state index in [-0.39, 0.29) is 17.0 Å². The molecule has 0 fully saturated rings. The maximum atomic E-state index is 12.3. The molecule has 2 aromatic rings. The Morgan fingerprint density at radius 3 is 2.76 bits per heavy atom. The molecule has 0 spiro atoms. The number of amides is 1. The van der Waals surface area contributed by atoms with E-state index in [1.807, 2.05) is 11.4 Å². The summed E-state index contributed by atoms with van der Waals surface area (Å²) < 4.78 is 0.923. The number of carbonyl (C=O) groups excluding carboxylic acids is 1. The summed E-state index contributed by atoms with van der Waals surface area (Å²) in [6.07, 6.45) is 0. The molecule has 2 rings (SSSR count). The Labute approximate surface area is 132 Å². The monoisotopic (exact) mass is 370 g/mol. The Morgan fingerprint density at radius 1 is 1.48 bits per heavy atom. The summed E-state index contributed by atoms with van der Waals surface area (Å²) in [5.41, 5.74) is -0.449. The fourth-order valence-corrected chi connectivity index (χ4v) is 3.31. The van der Waals surface area contributed by atoms with Crippen molar-refractivity contribution in [3.8, 4) is 5.75 Å². The van der Waals surface area contributed by atoms with E-state index < -0.39 is 10.8 Å². The molecule has 110 valence electrons. The van der Waals surface area contributed by atoms with Gasteiger partial charge in [0, 0.05) is 27.8 Å². The van der Waals surface area contributed by atoms with E-state index in [4.69, 9.17) is 0 Å². The number of rotatable bonds is 4. The van der Waals surface area contributed by atoms with Crippen molar-refractivity contribution in [3.63, 3.8) is 0 Å². The van der Waals surface area contributed by atoms with Crippen LogP contribution in [0.2, 0.25) is 0 Å². The Balaban J connectivity index is 2.26. The van der Waals surface area contributed by atoms with Crippen molar-refractivity contribution in [2.45, 2.75) is 6.54 Å². The second kappa shape index (κ2) is 6.23. The maximum absolute atomic E-state index is 12.3. The number of nitrogens with zero attached hydrogens (tertiary/aromatic N) is 2. The zero-order chi connectivity index (χ0) is 15.6. The molecule has 0 aliphatic rings. The maximum Gasteiger partial charge on any atom is 0.282 e. The van der Waals surface area contributed by atoms with E-state index >= 15 is 0 Å². The first-order valence-electron chi connectivity index (χ1n) is 5.84. The summed E-state index contributed by atoms with van der Waals surface area (Å²) in [7, 11) is 1.56. The lowest BCUT2D eigenvalue weighted by Crippen LogP contribution is -2.26. The van der Waals surface area contributed by atoms with Crippen LogP contribution in [0.5, 0.6) is 5.75 Å². The number of benzene rings is 1. The van der Waals surface area contributed by atoms with Gasteiger partial charge in [0.15, 0.2) is 0 Å². The highest BCUT2D eigenvalue weighted by Crippen LogP contribution is 2.26. The topological polar surface area (TPSA) is 83.7 Å². The molecule has 1 heterocycles. The normalized spacial score (nSPS) is 10.4. The molecule has 21 heavy (non-hydrogen) atoms. The van der Waals surface area contributed by atoms with Crippen LogP contribution in [-0.2, 0) is 6.54 Å². The van der Waals surface area contributed by atoms with Crippen molar-refractivity contribution in [1.29, 1.82) is 0 Å². The molecular weight excluding hydrogens is 360 g/mol. The second-order valence-corrected chi connectivity index (χ2v) is 6.26. The molecule has 0 bridgehead atoms. The molecule has 6 nitrogen and oxygen atoms in total. The molecule has 0 aliphatic heterocycles. The van der Waals surface area contributed by atoms with Crippen LogP contribution in [0, 0.1) is 10.1 Å². The Morgan fingerprint density at radius 2 is 2.19 bits per heavy atom. The molecular formula is C13H11BrN2O4S. The van der Waals surface area contributed by atoms with E-state index in [9.17, 15) is 20.0 Å². The van der Waals surface area contributed by atoms with Gasteiger partial charge >= 0.3 is 0 Å². The first-order valence-corrected chi connectivity index (χ1v) is 7.51. The van der Waals surface area contributed by atoms with Crippen LogP contribution in [0.4, 0.5) is 5.69 Å². The van der Waals surface area contributed by atoms with Gasteiger partial charge in [0.25, 0.3) is 11.6 Å². The van der Waals surface area contributed by atoms with Gasteiger partial charge in [-0.25, -0.2) is 0 Å². The van der Waals surface area contributed by atoms with E-state index in [1.165, 1.54) is 22.3 Å². The largest absolute Gasteiger partial charge is 0.508 e. The molecule has 8 heteroatoms. The summed E-state index contributed by atoms with van der Waals surface area (Å²) in [5, 5.41) is 22.3. The molecule has 1 N–H and O–H groups in total. The average Bonchev–Trinajstić information content (AvgIpc) is 2.82. The predicted molar refractivity (Wildman–Crippen MR) is 82.6 cm³/mol. The Hall–Kier alpha value is -1.93. The number of carbonyl (C=O) groups is 1. The highest BCUT2D eigenvalue weighted by atomic mass is 79.9. The number of hydrogen-bond donors (Lipinski definition) is 1. The quantitative estimate of drug-likeness (QED) is 0.660. The van der Waals surface area contributed by atoms with E-state index in [1.54, 1.807) is 7.05 Å². The molecule has 0 saturated heterocycles. The minimum atomic E-state index is -0.637. The predicted octanol–water partition coefficient (Wildman–Crippen LogP) is 3.40. The number of hydrogen-bond acceptors (Lipinski definition) is 5. The summed E-state index contributed by atoms with van der Waals surface area (Å²) >= 11 is 4.81. The molecule has 0 radical (unpaired) electrons. The van der Waals surface area contributed by atoms with Crippen LogP contribution < -0.4 is 0 Å². The van der Waals surface area contributed by atoms with Crippen LogP contribution in [-0.4, -0.2) is 27.9 Å². The highest BCUT2D eigenvalue weighted by molar-refractivity contribution is 9.10. The first-order chi connectivity index (χ1) is 9.88. The summed E-state index contributed by atoms with van der Waals surface area (Å²) in [6, 6.07) is 5.30. The van der Waals surface area contributed by atoms with Crippen molar-refractivity contribution in [1.82, 2.24) is 4.90 Å². The van der Waals surface area contributed by atoms with E-state index in [0.29, 0.717) is 6.54 Å². The zero-order valence-corrected chi connectivity index (χ0v) is 13.3. The molecule has 1 aromatic heterocycles. The van der Waals surface area contributed by atoms with Gasteiger partial charge in [-0.2, -0.15) is 0 Å². The van der Waals surface area contributed by atoms with Crippen molar-refractivity contribution in [3.05, 3.63) is 54.7 Å². The number of phenols is 1. The van der Waals surface area contributed by atoms with Crippen LogP contribution in [0.1, 0.15) is 15.2 Å². The van der Waals surface area contributed by atoms with Gasteiger partial charge in [-0.05, 0) is 34.1 Å². The van der Waals surface area contributed by atoms with Gasteiger partial charge in [-0.1, -0.05) is 0 Å². The Kier molecular flexibility index (Phi) is 4.59. The van der Waals surface area contributed by atoms with Crippen molar-refractivity contribution in [2.75, 3.05) is 7.05 Å². The van der Waals surface area contributed by atoms with Crippen LogP contribution in [0.15, 0.2) is 34.1 Å². The molecule has 0 unspecified atom stereocenters. The van der Waals surface area contributed by atoms with Gasteiger partial charge in [-0.3, -0.25) is 14.9 Å². The summed E-state index contributed by atoms with van der Waals surface area (Å²) in [4.78, 5) is 25.0. The third kappa shape index (κ3) is 3.59. The van der Waals surface area contributed by atoms with Crippen LogP contribution in [0.25, 0.3) is 0 Å². The van der Waals surface area contributed by atoms with Crippen molar-refractivity contribution in [2.24, 2.45) is 0 Å². The van der Waals surface area contributed by atoms with Crippen molar-refractivity contribution >= 4 is 38.9 Å². The van der Waals surface area contributed by atoms with Gasteiger partial charge in [-0.15, -0.1) is 11.3 Å². The third-order valence-corrected chi connectivity index (χ3v) is 4.45. The SMILES string of the molecule is CN(Cc1cc(Br)cs1)C(=O)c1cc(O)ccc1[N+](=O)[O-]. The van der Waals surface area contributed by atoms with Gasteiger partial charge in [0.2, 0.25) is 0 Å². The zero-order valence-electron chi connectivity index (χ0n) is 10.9. The molecule has 0 saturated carbocycles. The molecule has 0 aliphatic carbocycles. The van der Waals surface area contributed by atoms with Crippen LogP contribution >= 0.6 is 27.3 Å². The van der Waals surface area contributed by atoms with E-state index in [2.05, 4.69) is 15.9 Å². The number of aromatic hydroxyl groups is 1. The third-order valence-electron chi connectivity index (χ3n) is 2.77. The van der Waals surface area contributed by atoms with Gasteiger partial charge in [0.05, 0.1) is 11.5 Å². The smallest absolute Gasteiger partial charge is 0.282 e. The summed E-state index contributed by atoms with van der Waals surface area (Å²) in [6.45, 7) is 0.335. The number of thiophene rings is 1. The van der Waals surface area contributed by atoms with Crippen LogP contribution in [0.3, 0.4) is 0 Å². The van der Waals surface area contributed by atoms with E-state index in [0.717, 1.165) is 21.5 Å². The number of halogens is 1. The fraction of sp³-hybridized carbons (Fsp3) is 0.154. The summed E-state index contributed by atoms with van der Waals surface area (Å²) in [5.74, 6) is -0.696.